The SMILES string of the molecule is COc1cccc(CCN2CCC(F)CC2)c1-c1cccc2c(C[C@H](NC(=O)c3c(C)cccc3F)C(=O)O)cccc12. The van der Waals surface area contributed by atoms with Crippen LogP contribution in [0.3, 0.4) is 0 Å². The van der Waals surface area contributed by atoms with Gasteiger partial charge in [0, 0.05) is 31.6 Å². The van der Waals surface area contributed by atoms with Gasteiger partial charge in [-0.25, -0.2) is 13.6 Å². The predicted molar refractivity (Wildman–Crippen MR) is 164 cm³/mol. The number of carbonyl (C=O) groups excluding carboxylic acids is 1. The predicted octanol–water partition coefficient (Wildman–Crippen LogP) is 6.37. The monoisotopic (exact) mass is 586 g/mol. The maximum absolute atomic E-state index is 14.4. The van der Waals surface area contributed by atoms with Crippen molar-refractivity contribution in [3.63, 3.8) is 0 Å². The van der Waals surface area contributed by atoms with Gasteiger partial charge in [0.15, 0.2) is 0 Å². The third kappa shape index (κ3) is 6.70. The molecule has 0 aromatic heterocycles. The molecule has 1 heterocycles. The summed E-state index contributed by atoms with van der Waals surface area (Å²) in [4.78, 5) is 27.5. The number of nitrogens with one attached hydrogen (secondary N) is 1. The largest absolute Gasteiger partial charge is 0.496 e. The molecule has 0 spiro atoms. The molecular weight excluding hydrogens is 550 g/mol. The van der Waals surface area contributed by atoms with E-state index in [0.717, 1.165) is 64.8 Å². The van der Waals surface area contributed by atoms with Gasteiger partial charge in [-0.15, -0.1) is 0 Å². The Hall–Kier alpha value is -4.30. The maximum Gasteiger partial charge on any atom is 0.326 e. The number of aryl methyl sites for hydroxylation is 1. The van der Waals surface area contributed by atoms with E-state index in [4.69, 9.17) is 4.74 Å². The van der Waals surface area contributed by atoms with Crippen LogP contribution in [0.4, 0.5) is 8.78 Å². The third-order valence-corrected chi connectivity index (χ3v) is 8.31. The molecule has 4 aromatic carbocycles. The lowest BCUT2D eigenvalue weighted by atomic mass is 9.90. The van der Waals surface area contributed by atoms with Crippen molar-refractivity contribution in [1.82, 2.24) is 10.2 Å². The molecule has 4 aromatic rings. The number of nitrogens with zero attached hydrogens (tertiary/aromatic N) is 1. The van der Waals surface area contributed by atoms with Gasteiger partial charge < -0.3 is 20.1 Å². The summed E-state index contributed by atoms with van der Waals surface area (Å²) in [5.74, 6) is -1.94. The van der Waals surface area contributed by atoms with Crippen LogP contribution in [0.2, 0.25) is 0 Å². The number of fused-ring (bicyclic) bond motifs is 1. The summed E-state index contributed by atoms with van der Waals surface area (Å²) in [5, 5.41) is 14.3. The molecule has 0 radical (unpaired) electrons. The minimum atomic E-state index is -1.27. The standard InChI is InChI=1S/C35H36F2N2O4/c1-22-7-3-13-29(37)32(22)34(40)38-30(35(41)42)21-24-9-4-11-27-26(24)10-6-12-28(27)33-23(8-5-14-31(33)43-2)15-18-39-19-16-25(36)17-20-39/h3-14,25,30H,15-21H2,1-2H3,(H,38,40)(H,41,42)/t30-/m0/s1. The molecule has 8 heteroatoms. The summed E-state index contributed by atoms with van der Waals surface area (Å²) < 4.78 is 33.9. The van der Waals surface area contributed by atoms with E-state index in [-0.39, 0.29) is 12.0 Å². The number of halogens is 2. The van der Waals surface area contributed by atoms with Crippen LogP contribution in [-0.2, 0) is 17.6 Å². The number of hydrogen-bond acceptors (Lipinski definition) is 4. The second kappa shape index (κ2) is 13.3. The molecule has 1 atom stereocenters. The van der Waals surface area contributed by atoms with Crippen LogP contribution in [0, 0.1) is 12.7 Å². The van der Waals surface area contributed by atoms with E-state index in [1.807, 2.05) is 48.5 Å². The molecule has 0 aliphatic carbocycles. The van der Waals surface area contributed by atoms with E-state index in [9.17, 15) is 23.5 Å². The molecule has 0 bridgehead atoms. The number of carboxylic acids is 1. The zero-order valence-corrected chi connectivity index (χ0v) is 24.4. The van der Waals surface area contributed by atoms with E-state index in [2.05, 4.69) is 16.3 Å². The van der Waals surface area contributed by atoms with Gasteiger partial charge in [0.05, 0.1) is 12.7 Å². The van der Waals surface area contributed by atoms with Crippen LogP contribution in [0.1, 0.15) is 39.9 Å². The Bertz CT molecular complexity index is 1610. The highest BCUT2D eigenvalue weighted by Crippen LogP contribution is 2.39. The van der Waals surface area contributed by atoms with Crippen molar-refractivity contribution < 1.29 is 28.2 Å². The Labute approximate surface area is 250 Å². The Morgan fingerprint density at radius 1 is 0.977 bits per heavy atom. The van der Waals surface area contributed by atoms with E-state index >= 15 is 0 Å². The lowest BCUT2D eigenvalue weighted by molar-refractivity contribution is -0.139. The number of hydrogen-bond donors (Lipinski definition) is 2. The highest BCUT2D eigenvalue weighted by atomic mass is 19.1. The number of benzene rings is 4. The molecule has 1 amide bonds. The number of piperidine rings is 1. The van der Waals surface area contributed by atoms with Gasteiger partial charge in [-0.3, -0.25) is 4.79 Å². The number of alkyl halides is 1. The molecular formula is C35H36F2N2O4. The minimum Gasteiger partial charge on any atom is -0.496 e. The minimum absolute atomic E-state index is 0.0126. The maximum atomic E-state index is 14.4. The number of likely N-dealkylation sites (tertiary alicyclic amines) is 1. The topological polar surface area (TPSA) is 78.9 Å². The molecule has 1 aliphatic rings. The first-order valence-corrected chi connectivity index (χ1v) is 14.6. The number of carboxylic acid groups (broad SMARTS) is 1. The zero-order valence-electron chi connectivity index (χ0n) is 24.4. The lowest BCUT2D eigenvalue weighted by Gasteiger charge is -2.28. The van der Waals surface area contributed by atoms with Crippen LogP contribution in [0.15, 0.2) is 72.8 Å². The number of ether oxygens (including phenoxy) is 1. The summed E-state index contributed by atoms with van der Waals surface area (Å²) in [6, 6.07) is 20.6. The van der Waals surface area contributed by atoms with Crippen molar-refractivity contribution in [2.45, 2.75) is 44.8 Å². The van der Waals surface area contributed by atoms with E-state index in [0.29, 0.717) is 18.4 Å². The van der Waals surface area contributed by atoms with Crippen molar-refractivity contribution in [1.29, 1.82) is 0 Å². The number of methoxy groups -OCH3 is 1. The fraction of sp³-hybridized carbons (Fsp3) is 0.314. The average Bonchev–Trinajstić information content (AvgIpc) is 3.00. The van der Waals surface area contributed by atoms with Crippen molar-refractivity contribution >= 4 is 22.6 Å². The van der Waals surface area contributed by atoms with Crippen molar-refractivity contribution in [2.75, 3.05) is 26.7 Å². The fourth-order valence-corrected chi connectivity index (χ4v) is 6.01. The first-order valence-electron chi connectivity index (χ1n) is 14.6. The van der Waals surface area contributed by atoms with Gasteiger partial charge in [0.2, 0.25) is 0 Å². The first kappa shape index (κ1) is 30.2. The van der Waals surface area contributed by atoms with Crippen molar-refractivity contribution in [2.24, 2.45) is 0 Å². The number of aliphatic carboxylic acids is 1. The molecule has 6 nitrogen and oxygen atoms in total. The molecule has 1 fully saturated rings. The fourth-order valence-electron chi connectivity index (χ4n) is 6.01. The quantitative estimate of drug-likeness (QED) is 0.226. The summed E-state index contributed by atoms with van der Waals surface area (Å²) in [6.45, 7) is 3.91. The van der Waals surface area contributed by atoms with E-state index in [1.54, 1.807) is 20.1 Å². The Morgan fingerprint density at radius 3 is 2.37 bits per heavy atom. The first-order chi connectivity index (χ1) is 20.8. The Balaban J connectivity index is 1.47. The van der Waals surface area contributed by atoms with Gasteiger partial charge in [-0.1, -0.05) is 60.7 Å². The van der Waals surface area contributed by atoms with Gasteiger partial charge in [-0.2, -0.15) is 0 Å². The summed E-state index contributed by atoms with van der Waals surface area (Å²) in [6.07, 6.45) is 1.19. The average molecular weight is 587 g/mol. The van der Waals surface area contributed by atoms with Crippen LogP contribution < -0.4 is 10.1 Å². The van der Waals surface area contributed by atoms with Crippen molar-refractivity contribution in [3.8, 4) is 16.9 Å². The van der Waals surface area contributed by atoms with Gasteiger partial charge in [0.25, 0.3) is 5.91 Å². The highest BCUT2D eigenvalue weighted by Gasteiger charge is 2.25. The summed E-state index contributed by atoms with van der Waals surface area (Å²) >= 11 is 0. The van der Waals surface area contributed by atoms with Gasteiger partial charge >= 0.3 is 5.97 Å². The molecule has 2 N–H and O–H groups in total. The normalized spacial score (nSPS) is 14.9. The second-order valence-corrected chi connectivity index (χ2v) is 11.1. The smallest absolute Gasteiger partial charge is 0.326 e. The molecule has 1 saturated heterocycles. The Kier molecular flexibility index (Phi) is 9.36. The molecule has 5 rings (SSSR count). The van der Waals surface area contributed by atoms with Gasteiger partial charge in [0.1, 0.15) is 23.8 Å². The molecule has 224 valence electrons. The summed E-state index contributed by atoms with van der Waals surface area (Å²) in [7, 11) is 1.64. The van der Waals surface area contributed by atoms with Crippen LogP contribution in [0.5, 0.6) is 5.75 Å². The molecule has 0 unspecified atom stereocenters. The summed E-state index contributed by atoms with van der Waals surface area (Å²) in [5.41, 5.74) is 4.03. The van der Waals surface area contributed by atoms with E-state index < -0.39 is 29.9 Å². The highest BCUT2D eigenvalue weighted by molar-refractivity contribution is 6.01. The molecule has 0 saturated carbocycles. The molecule has 1 aliphatic heterocycles. The van der Waals surface area contributed by atoms with Crippen LogP contribution >= 0.6 is 0 Å². The van der Waals surface area contributed by atoms with Crippen LogP contribution in [-0.4, -0.2) is 60.8 Å². The van der Waals surface area contributed by atoms with Gasteiger partial charge in [-0.05, 0) is 71.3 Å². The molecule has 43 heavy (non-hydrogen) atoms. The third-order valence-electron chi connectivity index (χ3n) is 8.31. The number of rotatable bonds is 10. The number of carbonyl (C=O) groups is 2. The zero-order chi connectivity index (χ0) is 30.5. The Morgan fingerprint density at radius 2 is 1.65 bits per heavy atom. The second-order valence-electron chi connectivity index (χ2n) is 11.1. The van der Waals surface area contributed by atoms with E-state index in [1.165, 1.54) is 12.1 Å². The van der Waals surface area contributed by atoms with Crippen LogP contribution in [0.25, 0.3) is 21.9 Å². The lowest BCUT2D eigenvalue weighted by Crippen LogP contribution is -2.42. The van der Waals surface area contributed by atoms with Crippen molar-refractivity contribution in [3.05, 3.63) is 101 Å². The number of amides is 1.